The van der Waals surface area contributed by atoms with Crippen LogP contribution in [0.2, 0.25) is 0 Å². The molecule has 0 heterocycles. The zero-order valence-electron chi connectivity index (χ0n) is 18.8. The Kier molecular flexibility index (Phi) is 6.92. The second-order valence-corrected chi connectivity index (χ2v) is 8.23. The van der Waals surface area contributed by atoms with Crippen LogP contribution in [0.15, 0.2) is 72.8 Å². The molecule has 174 valence electrons. The average molecular weight is 459 g/mol. The number of carboxylic acids is 1. The highest BCUT2D eigenvalue weighted by molar-refractivity contribution is 5.87. The van der Waals surface area contributed by atoms with Crippen molar-refractivity contribution < 1.29 is 24.2 Å². The van der Waals surface area contributed by atoms with Crippen LogP contribution in [0.5, 0.6) is 0 Å². The quantitative estimate of drug-likeness (QED) is 0.474. The smallest absolute Gasteiger partial charge is 0.407 e. The highest BCUT2D eigenvalue weighted by Crippen LogP contribution is 2.44. The summed E-state index contributed by atoms with van der Waals surface area (Å²) in [5, 5.41) is 14.3. The normalized spacial score (nSPS) is 12.9. The van der Waals surface area contributed by atoms with E-state index >= 15 is 0 Å². The van der Waals surface area contributed by atoms with Crippen LogP contribution in [0, 0.1) is 0 Å². The first-order valence-corrected chi connectivity index (χ1v) is 11.2. The summed E-state index contributed by atoms with van der Waals surface area (Å²) in [6.45, 7) is 2.14. The minimum Gasteiger partial charge on any atom is -0.478 e. The highest BCUT2D eigenvalue weighted by Gasteiger charge is 2.29. The molecule has 0 aromatic heterocycles. The molecule has 3 aromatic rings. The molecule has 0 saturated heterocycles. The summed E-state index contributed by atoms with van der Waals surface area (Å²) in [5.74, 6) is -1.35. The van der Waals surface area contributed by atoms with Gasteiger partial charge in [-0.15, -0.1) is 0 Å². The van der Waals surface area contributed by atoms with Gasteiger partial charge >= 0.3 is 12.1 Å². The fourth-order valence-electron chi connectivity index (χ4n) is 4.18. The summed E-state index contributed by atoms with van der Waals surface area (Å²) in [7, 11) is 0. The molecular weight excluding hydrogens is 432 g/mol. The molecule has 0 spiro atoms. The van der Waals surface area contributed by atoms with E-state index in [2.05, 4.69) is 22.8 Å². The third-order valence-corrected chi connectivity index (χ3v) is 5.99. The lowest BCUT2D eigenvalue weighted by Crippen LogP contribution is -2.45. The van der Waals surface area contributed by atoms with Crippen LogP contribution < -0.4 is 10.6 Å². The van der Waals surface area contributed by atoms with E-state index in [-0.39, 0.29) is 24.0 Å². The van der Waals surface area contributed by atoms with Crippen LogP contribution in [0.25, 0.3) is 11.1 Å². The van der Waals surface area contributed by atoms with Crippen molar-refractivity contribution in [1.82, 2.24) is 10.6 Å². The molecule has 7 nitrogen and oxygen atoms in total. The topological polar surface area (TPSA) is 105 Å². The van der Waals surface area contributed by atoms with Gasteiger partial charge in [-0.3, -0.25) is 4.79 Å². The van der Waals surface area contributed by atoms with Gasteiger partial charge in [0.25, 0.3) is 0 Å². The molecule has 0 radical (unpaired) electrons. The number of rotatable bonds is 8. The maximum atomic E-state index is 12.4. The number of carbonyl (C=O) groups excluding carboxylic acids is 2. The monoisotopic (exact) mass is 458 g/mol. The SMILES string of the molecule is C[C@H](NC(=O)OCC1c2ccccc2-c2ccccc21)C(=O)NCCc1ccc(C(=O)O)cc1. The first-order valence-electron chi connectivity index (χ1n) is 11.2. The van der Waals surface area contributed by atoms with Crippen LogP contribution in [0.4, 0.5) is 4.79 Å². The molecule has 0 aliphatic heterocycles. The molecule has 3 aromatic carbocycles. The predicted octanol–water partition coefficient (Wildman–Crippen LogP) is 3.97. The van der Waals surface area contributed by atoms with Gasteiger partial charge in [0.05, 0.1) is 5.56 Å². The molecule has 4 rings (SSSR count). The summed E-state index contributed by atoms with van der Waals surface area (Å²) in [4.78, 5) is 35.6. The third-order valence-electron chi connectivity index (χ3n) is 5.99. The van der Waals surface area contributed by atoms with Gasteiger partial charge in [0, 0.05) is 12.5 Å². The summed E-state index contributed by atoms with van der Waals surface area (Å²) in [5.41, 5.74) is 5.67. The van der Waals surface area contributed by atoms with Gasteiger partial charge in [0.2, 0.25) is 5.91 Å². The molecule has 34 heavy (non-hydrogen) atoms. The Morgan fingerprint density at radius 2 is 1.50 bits per heavy atom. The lowest BCUT2D eigenvalue weighted by atomic mass is 9.98. The molecule has 0 saturated carbocycles. The fraction of sp³-hybridized carbons (Fsp3) is 0.222. The number of aromatic carboxylic acids is 1. The Bertz CT molecular complexity index is 1160. The number of alkyl carbamates (subject to hydrolysis) is 1. The maximum Gasteiger partial charge on any atom is 0.407 e. The molecule has 3 N–H and O–H groups in total. The van der Waals surface area contributed by atoms with Gasteiger partial charge in [-0.1, -0.05) is 60.7 Å². The van der Waals surface area contributed by atoms with E-state index in [4.69, 9.17) is 9.84 Å². The van der Waals surface area contributed by atoms with E-state index in [9.17, 15) is 14.4 Å². The summed E-state index contributed by atoms with van der Waals surface area (Å²) in [6.07, 6.45) is -0.0997. The van der Waals surface area contributed by atoms with Gasteiger partial charge in [-0.2, -0.15) is 0 Å². The lowest BCUT2D eigenvalue weighted by Gasteiger charge is -2.17. The molecule has 1 atom stereocenters. The number of nitrogens with one attached hydrogen (secondary N) is 2. The Morgan fingerprint density at radius 3 is 2.09 bits per heavy atom. The number of ether oxygens (including phenoxy) is 1. The second-order valence-electron chi connectivity index (χ2n) is 8.23. The minimum atomic E-state index is -0.979. The van der Waals surface area contributed by atoms with Crippen LogP contribution in [-0.4, -0.2) is 42.3 Å². The molecule has 0 unspecified atom stereocenters. The second kappa shape index (κ2) is 10.2. The van der Waals surface area contributed by atoms with E-state index in [1.807, 2.05) is 36.4 Å². The van der Waals surface area contributed by atoms with E-state index in [1.54, 1.807) is 19.1 Å². The number of fused-ring (bicyclic) bond motifs is 3. The zero-order valence-corrected chi connectivity index (χ0v) is 18.8. The predicted molar refractivity (Wildman–Crippen MR) is 128 cm³/mol. The van der Waals surface area contributed by atoms with Crippen LogP contribution in [-0.2, 0) is 16.0 Å². The first-order chi connectivity index (χ1) is 16.4. The largest absolute Gasteiger partial charge is 0.478 e. The number of benzene rings is 3. The van der Waals surface area contributed by atoms with E-state index in [1.165, 1.54) is 12.1 Å². The van der Waals surface area contributed by atoms with Gasteiger partial charge < -0.3 is 20.5 Å². The first kappa shape index (κ1) is 23.0. The third kappa shape index (κ3) is 5.09. The van der Waals surface area contributed by atoms with Crippen LogP contribution >= 0.6 is 0 Å². The zero-order chi connectivity index (χ0) is 24.1. The van der Waals surface area contributed by atoms with E-state index in [0.29, 0.717) is 13.0 Å². The van der Waals surface area contributed by atoms with Crippen LogP contribution in [0.3, 0.4) is 0 Å². The maximum absolute atomic E-state index is 12.4. The van der Waals surface area contributed by atoms with Crippen molar-refractivity contribution in [2.45, 2.75) is 25.3 Å². The van der Waals surface area contributed by atoms with Crippen molar-refractivity contribution in [3.8, 4) is 11.1 Å². The Hall–Kier alpha value is -4.13. The lowest BCUT2D eigenvalue weighted by molar-refractivity contribution is -0.122. The van der Waals surface area contributed by atoms with Crippen molar-refractivity contribution >= 4 is 18.0 Å². The number of carboxylic acid groups (broad SMARTS) is 1. The highest BCUT2D eigenvalue weighted by atomic mass is 16.5. The molecule has 1 aliphatic carbocycles. The van der Waals surface area contributed by atoms with Crippen molar-refractivity contribution in [3.63, 3.8) is 0 Å². The summed E-state index contributed by atoms with van der Waals surface area (Å²) >= 11 is 0. The minimum absolute atomic E-state index is 0.0465. The number of hydrogen-bond donors (Lipinski definition) is 3. The number of carbonyl (C=O) groups is 3. The Labute approximate surface area is 197 Å². The van der Waals surface area contributed by atoms with E-state index < -0.39 is 18.1 Å². The summed E-state index contributed by atoms with van der Waals surface area (Å²) < 4.78 is 5.49. The van der Waals surface area contributed by atoms with Crippen molar-refractivity contribution in [3.05, 3.63) is 95.1 Å². The van der Waals surface area contributed by atoms with Crippen molar-refractivity contribution in [2.75, 3.05) is 13.2 Å². The molecule has 2 amide bonds. The van der Waals surface area contributed by atoms with Crippen LogP contribution in [0.1, 0.15) is 39.9 Å². The number of hydrogen-bond acceptors (Lipinski definition) is 4. The Balaban J connectivity index is 1.25. The van der Waals surface area contributed by atoms with Gasteiger partial charge in [-0.05, 0) is 53.3 Å². The van der Waals surface area contributed by atoms with E-state index in [0.717, 1.165) is 27.8 Å². The molecular formula is C27H26N2O5. The molecule has 1 aliphatic rings. The molecule has 0 bridgehead atoms. The average Bonchev–Trinajstić information content (AvgIpc) is 3.16. The molecule has 7 heteroatoms. The van der Waals surface area contributed by atoms with Crippen molar-refractivity contribution in [1.29, 1.82) is 0 Å². The number of amides is 2. The van der Waals surface area contributed by atoms with Crippen molar-refractivity contribution in [2.24, 2.45) is 0 Å². The Morgan fingerprint density at radius 1 is 0.912 bits per heavy atom. The van der Waals surface area contributed by atoms with Gasteiger partial charge in [0.1, 0.15) is 12.6 Å². The van der Waals surface area contributed by atoms with Gasteiger partial charge in [-0.25, -0.2) is 9.59 Å². The van der Waals surface area contributed by atoms with Gasteiger partial charge in [0.15, 0.2) is 0 Å². The fourth-order valence-corrected chi connectivity index (χ4v) is 4.18. The molecule has 0 fully saturated rings. The summed E-state index contributed by atoms with van der Waals surface area (Å²) in [6, 6.07) is 21.9. The standard InChI is InChI=1S/C27H26N2O5/c1-17(25(30)28-15-14-18-10-12-19(13-11-18)26(31)32)29-27(33)34-16-24-22-8-4-2-6-20(22)21-7-3-5-9-23(21)24/h2-13,17,24H,14-16H2,1H3,(H,28,30)(H,29,33)(H,31,32)/t17-/m0/s1.